The lowest BCUT2D eigenvalue weighted by molar-refractivity contribution is -0.271. The first-order valence-electron chi connectivity index (χ1n) is 8.42. The Balaban J connectivity index is 2.03. The number of ether oxygens (including phenoxy) is 3. The van der Waals surface area contributed by atoms with Crippen molar-refractivity contribution in [3.8, 4) is 0 Å². The molecule has 8 unspecified atom stereocenters. The predicted molar refractivity (Wildman–Crippen MR) is 80.5 cm³/mol. The largest absolute Gasteiger partial charge is 0.375 e. The first-order chi connectivity index (χ1) is 9.49. The Hall–Kier alpha value is -0.120. The van der Waals surface area contributed by atoms with E-state index in [1.807, 2.05) is 0 Å². The van der Waals surface area contributed by atoms with Gasteiger partial charge in [-0.05, 0) is 24.7 Å². The molecule has 2 fully saturated rings. The summed E-state index contributed by atoms with van der Waals surface area (Å²) < 4.78 is 18.5. The molecule has 0 aromatic carbocycles. The minimum Gasteiger partial charge on any atom is -0.375 e. The Kier molecular flexibility index (Phi) is 5.49. The van der Waals surface area contributed by atoms with E-state index in [4.69, 9.17) is 14.2 Å². The minimum atomic E-state index is -0.0747. The lowest BCUT2D eigenvalue weighted by atomic mass is 9.78. The summed E-state index contributed by atoms with van der Waals surface area (Å²) in [7, 11) is 0. The number of hydrogen-bond donors (Lipinski definition) is 0. The van der Waals surface area contributed by atoms with Gasteiger partial charge < -0.3 is 14.2 Å². The van der Waals surface area contributed by atoms with E-state index in [2.05, 4.69) is 41.5 Å². The van der Waals surface area contributed by atoms with E-state index in [9.17, 15) is 0 Å². The zero-order valence-electron chi connectivity index (χ0n) is 14.0. The van der Waals surface area contributed by atoms with Gasteiger partial charge in [-0.2, -0.15) is 0 Å². The molecule has 0 radical (unpaired) electrons. The molecular weight excluding hydrogens is 252 g/mol. The second-order valence-electron chi connectivity index (χ2n) is 6.89. The second-order valence-corrected chi connectivity index (χ2v) is 6.89. The summed E-state index contributed by atoms with van der Waals surface area (Å²) >= 11 is 0. The number of hydrogen-bond acceptors (Lipinski definition) is 3. The fourth-order valence-corrected chi connectivity index (χ4v) is 3.67. The molecule has 0 aromatic rings. The normalized spacial score (nSPS) is 49.5. The smallest absolute Gasteiger partial charge is 0.161 e. The van der Waals surface area contributed by atoms with Crippen molar-refractivity contribution in [1.82, 2.24) is 0 Å². The Morgan fingerprint density at radius 2 is 1.55 bits per heavy atom. The molecule has 8 atom stereocenters. The Bertz CT molecular complexity index is 305. The average Bonchev–Trinajstić information content (AvgIpc) is 2.80. The van der Waals surface area contributed by atoms with Crippen LogP contribution in [0.15, 0.2) is 0 Å². The highest BCUT2D eigenvalue weighted by molar-refractivity contribution is 4.86. The van der Waals surface area contributed by atoms with Gasteiger partial charge in [0.15, 0.2) is 6.29 Å². The fourth-order valence-electron chi connectivity index (χ4n) is 3.67. The van der Waals surface area contributed by atoms with E-state index >= 15 is 0 Å². The molecule has 0 spiro atoms. The van der Waals surface area contributed by atoms with E-state index in [0.29, 0.717) is 29.8 Å². The van der Waals surface area contributed by atoms with Crippen molar-refractivity contribution in [3.63, 3.8) is 0 Å². The third kappa shape index (κ3) is 3.05. The maximum absolute atomic E-state index is 6.38. The van der Waals surface area contributed by atoms with Crippen molar-refractivity contribution in [2.75, 3.05) is 6.61 Å². The summed E-state index contributed by atoms with van der Waals surface area (Å²) in [4.78, 5) is 0. The van der Waals surface area contributed by atoms with E-state index in [1.165, 1.54) is 0 Å². The molecule has 0 bridgehead atoms. The van der Waals surface area contributed by atoms with Crippen molar-refractivity contribution < 1.29 is 14.2 Å². The Morgan fingerprint density at radius 3 is 2.15 bits per heavy atom. The maximum atomic E-state index is 6.38. The van der Waals surface area contributed by atoms with Crippen molar-refractivity contribution in [2.24, 2.45) is 23.7 Å². The summed E-state index contributed by atoms with van der Waals surface area (Å²) in [6, 6.07) is 0. The van der Waals surface area contributed by atoms with Crippen molar-refractivity contribution in [2.45, 2.75) is 79.0 Å². The quantitative estimate of drug-likeness (QED) is 0.784. The SMILES string of the molecule is CCC1OC(OC2C(C)COC2CC)C(C)C(C)C1C. The first kappa shape index (κ1) is 16.3. The van der Waals surface area contributed by atoms with Gasteiger partial charge >= 0.3 is 0 Å². The molecule has 3 nitrogen and oxygen atoms in total. The summed E-state index contributed by atoms with van der Waals surface area (Å²) in [5.41, 5.74) is 0. The first-order valence-corrected chi connectivity index (χ1v) is 8.42. The van der Waals surface area contributed by atoms with Crippen LogP contribution in [0, 0.1) is 23.7 Å². The Morgan fingerprint density at radius 1 is 0.900 bits per heavy atom. The zero-order valence-corrected chi connectivity index (χ0v) is 14.0. The molecular formula is C17H32O3. The summed E-state index contributed by atoms with van der Waals surface area (Å²) in [5.74, 6) is 2.15. The molecule has 3 heteroatoms. The summed E-state index contributed by atoms with van der Waals surface area (Å²) in [5, 5.41) is 0. The topological polar surface area (TPSA) is 27.7 Å². The molecule has 2 rings (SSSR count). The van der Waals surface area contributed by atoms with Crippen LogP contribution >= 0.6 is 0 Å². The van der Waals surface area contributed by atoms with Crippen LogP contribution in [0.1, 0.15) is 54.4 Å². The van der Waals surface area contributed by atoms with E-state index in [0.717, 1.165) is 19.4 Å². The minimum absolute atomic E-state index is 0.0747. The van der Waals surface area contributed by atoms with Gasteiger partial charge in [0, 0.05) is 11.8 Å². The van der Waals surface area contributed by atoms with Gasteiger partial charge in [0.25, 0.3) is 0 Å². The van der Waals surface area contributed by atoms with E-state index < -0.39 is 0 Å². The van der Waals surface area contributed by atoms with Crippen molar-refractivity contribution in [1.29, 1.82) is 0 Å². The van der Waals surface area contributed by atoms with Gasteiger partial charge in [-0.25, -0.2) is 0 Å². The van der Waals surface area contributed by atoms with Gasteiger partial charge in [-0.1, -0.05) is 41.5 Å². The summed E-state index contributed by atoms with van der Waals surface area (Å²) in [6.45, 7) is 14.3. The van der Waals surface area contributed by atoms with Crippen LogP contribution in [-0.4, -0.2) is 31.2 Å². The molecule has 0 saturated carbocycles. The van der Waals surface area contributed by atoms with Crippen LogP contribution in [0.5, 0.6) is 0 Å². The van der Waals surface area contributed by atoms with Crippen LogP contribution in [-0.2, 0) is 14.2 Å². The third-order valence-electron chi connectivity index (χ3n) is 5.58. The highest BCUT2D eigenvalue weighted by Crippen LogP contribution is 2.38. The molecule has 118 valence electrons. The lowest BCUT2D eigenvalue weighted by Crippen LogP contribution is -2.48. The number of rotatable bonds is 4. The predicted octanol–water partition coefficient (Wildman–Crippen LogP) is 3.86. The zero-order chi connectivity index (χ0) is 14.9. The lowest BCUT2D eigenvalue weighted by Gasteiger charge is -2.44. The monoisotopic (exact) mass is 284 g/mol. The molecule has 0 aliphatic carbocycles. The second kappa shape index (κ2) is 6.76. The van der Waals surface area contributed by atoms with Gasteiger partial charge in [0.05, 0.1) is 24.9 Å². The molecule has 2 saturated heterocycles. The van der Waals surface area contributed by atoms with E-state index in [1.54, 1.807) is 0 Å². The van der Waals surface area contributed by atoms with Crippen LogP contribution in [0.25, 0.3) is 0 Å². The molecule has 0 aromatic heterocycles. The highest BCUT2D eigenvalue weighted by Gasteiger charge is 2.43. The molecule has 0 N–H and O–H groups in total. The third-order valence-corrected chi connectivity index (χ3v) is 5.58. The molecule has 2 heterocycles. The average molecular weight is 284 g/mol. The summed E-state index contributed by atoms with van der Waals surface area (Å²) in [6.07, 6.45) is 2.74. The molecule has 2 aliphatic rings. The van der Waals surface area contributed by atoms with Crippen molar-refractivity contribution >= 4 is 0 Å². The Labute approximate surface area is 124 Å². The van der Waals surface area contributed by atoms with Gasteiger partial charge in [0.1, 0.15) is 0 Å². The van der Waals surface area contributed by atoms with Crippen LogP contribution in [0.2, 0.25) is 0 Å². The molecule has 2 aliphatic heterocycles. The van der Waals surface area contributed by atoms with Gasteiger partial charge in [0.2, 0.25) is 0 Å². The molecule has 20 heavy (non-hydrogen) atoms. The van der Waals surface area contributed by atoms with Gasteiger partial charge in [-0.3, -0.25) is 0 Å². The van der Waals surface area contributed by atoms with E-state index in [-0.39, 0.29) is 18.5 Å². The van der Waals surface area contributed by atoms with Crippen molar-refractivity contribution in [3.05, 3.63) is 0 Å². The molecule has 0 amide bonds. The maximum Gasteiger partial charge on any atom is 0.161 e. The fraction of sp³-hybridized carbons (Fsp3) is 1.00. The standard InChI is InChI=1S/C17H32O3/c1-7-14-12(5)11(4)13(6)17(19-14)20-16-10(3)9-18-15(16)8-2/h10-17H,7-9H2,1-6H3. The van der Waals surface area contributed by atoms with Crippen LogP contribution < -0.4 is 0 Å². The van der Waals surface area contributed by atoms with Crippen LogP contribution in [0.3, 0.4) is 0 Å². The van der Waals surface area contributed by atoms with Crippen LogP contribution in [0.4, 0.5) is 0 Å². The highest BCUT2D eigenvalue weighted by atomic mass is 16.7. The van der Waals surface area contributed by atoms with Gasteiger partial charge in [-0.15, -0.1) is 0 Å².